The van der Waals surface area contributed by atoms with Crippen LogP contribution < -0.4 is 10.1 Å². The molecule has 1 unspecified atom stereocenters. The molecule has 2 aromatic carbocycles. The van der Waals surface area contributed by atoms with Gasteiger partial charge in [0.15, 0.2) is 0 Å². The van der Waals surface area contributed by atoms with Crippen LogP contribution in [0.2, 0.25) is 0 Å². The zero-order valence-corrected chi connectivity index (χ0v) is 13.9. The molecule has 3 aromatic rings. The highest BCUT2D eigenvalue weighted by Gasteiger charge is 2.31. The van der Waals surface area contributed by atoms with Crippen LogP contribution in [0.5, 0.6) is 5.75 Å². The summed E-state index contributed by atoms with van der Waals surface area (Å²) < 4.78 is 41.0. The Kier molecular flexibility index (Phi) is 5.39. The quantitative estimate of drug-likeness (QED) is 0.716. The number of benzene rings is 2. The Hall–Kier alpha value is -3.36. The van der Waals surface area contributed by atoms with Gasteiger partial charge in [0.1, 0.15) is 5.75 Å². The van der Waals surface area contributed by atoms with E-state index in [1.807, 2.05) is 30.3 Å². The SMILES string of the molecule is O=C(NC(Cn1nccn1)c1ccccc1)c1cccc(OC(F)(F)F)c1. The molecule has 0 radical (unpaired) electrons. The third-order valence-corrected chi connectivity index (χ3v) is 3.65. The van der Waals surface area contributed by atoms with E-state index in [1.54, 1.807) is 0 Å². The van der Waals surface area contributed by atoms with Crippen molar-refractivity contribution in [1.82, 2.24) is 20.3 Å². The lowest BCUT2D eigenvalue weighted by Crippen LogP contribution is -2.32. The van der Waals surface area contributed by atoms with Crippen LogP contribution in [0.15, 0.2) is 67.0 Å². The van der Waals surface area contributed by atoms with Crippen LogP contribution in [0.4, 0.5) is 13.2 Å². The number of rotatable bonds is 6. The third-order valence-electron chi connectivity index (χ3n) is 3.65. The van der Waals surface area contributed by atoms with Crippen molar-refractivity contribution in [1.29, 1.82) is 0 Å². The maximum absolute atomic E-state index is 12.6. The number of alkyl halides is 3. The average Bonchev–Trinajstić information content (AvgIpc) is 3.14. The monoisotopic (exact) mass is 376 g/mol. The highest BCUT2D eigenvalue weighted by atomic mass is 19.4. The molecule has 1 heterocycles. The van der Waals surface area contributed by atoms with Crippen LogP contribution in [0.25, 0.3) is 0 Å². The van der Waals surface area contributed by atoms with Crippen molar-refractivity contribution >= 4 is 5.91 Å². The van der Waals surface area contributed by atoms with Crippen LogP contribution in [-0.2, 0) is 6.54 Å². The van der Waals surface area contributed by atoms with E-state index in [1.165, 1.54) is 29.3 Å². The Morgan fingerprint density at radius 2 is 1.78 bits per heavy atom. The number of nitrogens with zero attached hydrogens (tertiary/aromatic N) is 3. The molecule has 0 saturated carbocycles. The summed E-state index contributed by atoms with van der Waals surface area (Å²) in [6.07, 6.45) is -1.79. The molecular weight excluding hydrogens is 361 g/mol. The van der Waals surface area contributed by atoms with E-state index in [-0.39, 0.29) is 12.1 Å². The van der Waals surface area contributed by atoms with Crippen molar-refractivity contribution in [2.45, 2.75) is 18.9 Å². The van der Waals surface area contributed by atoms with Crippen molar-refractivity contribution in [2.75, 3.05) is 0 Å². The fourth-order valence-electron chi connectivity index (χ4n) is 2.50. The van der Waals surface area contributed by atoms with E-state index in [4.69, 9.17) is 0 Å². The fourth-order valence-corrected chi connectivity index (χ4v) is 2.50. The van der Waals surface area contributed by atoms with Crippen LogP contribution in [0, 0.1) is 0 Å². The summed E-state index contributed by atoms with van der Waals surface area (Å²) in [7, 11) is 0. The van der Waals surface area contributed by atoms with Crippen LogP contribution in [0.1, 0.15) is 22.0 Å². The molecule has 0 aliphatic rings. The molecule has 0 fully saturated rings. The molecule has 0 aliphatic carbocycles. The van der Waals surface area contributed by atoms with Crippen molar-refractivity contribution in [2.24, 2.45) is 0 Å². The average molecular weight is 376 g/mol. The lowest BCUT2D eigenvalue weighted by atomic mass is 10.1. The summed E-state index contributed by atoms with van der Waals surface area (Å²) in [5.74, 6) is -0.996. The highest BCUT2D eigenvalue weighted by molar-refractivity contribution is 5.94. The van der Waals surface area contributed by atoms with Gasteiger partial charge in [-0.25, -0.2) is 0 Å². The number of nitrogens with one attached hydrogen (secondary N) is 1. The molecule has 1 atom stereocenters. The van der Waals surface area contributed by atoms with Gasteiger partial charge in [0, 0.05) is 5.56 Å². The maximum Gasteiger partial charge on any atom is 0.573 e. The molecule has 1 amide bonds. The van der Waals surface area contributed by atoms with Crippen LogP contribution in [-0.4, -0.2) is 27.3 Å². The largest absolute Gasteiger partial charge is 0.573 e. The molecular formula is C18H15F3N4O2. The van der Waals surface area contributed by atoms with Gasteiger partial charge in [-0.05, 0) is 23.8 Å². The third kappa shape index (κ3) is 5.30. The minimum atomic E-state index is -4.83. The molecule has 3 rings (SSSR count). The van der Waals surface area contributed by atoms with Gasteiger partial charge < -0.3 is 10.1 Å². The first-order chi connectivity index (χ1) is 12.9. The van der Waals surface area contributed by atoms with E-state index < -0.39 is 24.1 Å². The summed E-state index contributed by atoms with van der Waals surface area (Å²) in [5, 5.41) is 10.9. The fraction of sp³-hybridized carbons (Fsp3) is 0.167. The number of hydrogen-bond acceptors (Lipinski definition) is 4. The first-order valence-corrected chi connectivity index (χ1v) is 7.96. The van der Waals surface area contributed by atoms with Crippen molar-refractivity contribution in [3.05, 3.63) is 78.1 Å². The van der Waals surface area contributed by atoms with Gasteiger partial charge in [0.2, 0.25) is 0 Å². The van der Waals surface area contributed by atoms with Crippen LogP contribution >= 0.6 is 0 Å². The molecule has 0 spiro atoms. The standard InChI is InChI=1S/C18H15F3N4O2/c19-18(20,21)27-15-8-4-7-14(11-15)17(26)24-16(12-25-22-9-10-23-25)13-5-2-1-3-6-13/h1-11,16H,12H2,(H,24,26). The zero-order valence-electron chi connectivity index (χ0n) is 13.9. The molecule has 0 aliphatic heterocycles. The predicted molar refractivity (Wildman–Crippen MR) is 89.8 cm³/mol. The lowest BCUT2D eigenvalue weighted by Gasteiger charge is -2.19. The highest BCUT2D eigenvalue weighted by Crippen LogP contribution is 2.24. The molecule has 1 N–H and O–H groups in total. The predicted octanol–water partition coefficient (Wildman–Crippen LogP) is 3.35. The van der Waals surface area contributed by atoms with Gasteiger partial charge in [-0.3, -0.25) is 4.79 Å². The normalized spacial score (nSPS) is 12.4. The number of carbonyl (C=O) groups excluding carboxylic acids is 1. The van der Waals surface area contributed by atoms with Gasteiger partial charge in [-0.2, -0.15) is 15.0 Å². The van der Waals surface area contributed by atoms with Crippen molar-refractivity contribution < 1.29 is 22.7 Å². The number of aromatic nitrogens is 3. The van der Waals surface area contributed by atoms with E-state index in [9.17, 15) is 18.0 Å². The minimum Gasteiger partial charge on any atom is -0.406 e. The molecule has 140 valence electrons. The zero-order chi connectivity index (χ0) is 19.3. The summed E-state index contributed by atoms with van der Waals surface area (Å²) in [4.78, 5) is 14.0. The maximum atomic E-state index is 12.6. The van der Waals surface area contributed by atoms with Crippen molar-refractivity contribution in [3.63, 3.8) is 0 Å². The Balaban J connectivity index is 1.79. The van der Waals surface area contributed by atoms with Crippen LogP contribution in [0.3, 0.4) is 0 Å². The van der Waals surface area contributed by atoms with Gasteiger partial charge >= 0.3 is 6.36 Å². The molecule has 9 heteroatoms. The number of hydrogen-bond donors (Lipinski definition) is 1. The second-order valence-electron chi connectivity index (χ2n) is 5.60. The molecule has 27 heavy (non-hydrogen) atoms. The Morgan fingerprint density at radius 3 is 2.44 bits per heavy atom. The number of amides is 1. The Morgan fingerprint density at radius 1 is 1.07 bits per heavy atom. The minimum absolute atomic E-state index is 0.0473. The number of halogens is 3. The van der Waals surface area contributed by atoms with E-state index >= 15 is 0 Å². The van der Waals surface area contributed by atoms with Gasteiger partial charge in [-0.1, -0.05) is 36.4 Å². The lowest BCUT2D eigenvalue weighted by molar-refractivity contribution is -0.274. The van der Waals surface area contributed by atoms with Gasteiger partial charge in [0.05, 0.1) is 25.0 Å². The second-order valence-corrected chi connectivity index (χ2v) is 5.60. The number of carbonyl (C=O) groups is 1. The summed E-state index contributed by atoms with van der Waals surface area (Å²) in [5.41, 5.74) is 0.858. The molecule has 0 bridgehead atoms. The molecule has 6 nitrogen and oxygen atoms in total. The Labute approximate surface area is 152 Å². The van der Waals surface area contributed by atoms with Gasteiger partial charge in [-0.15, -0.1) is 13.2 Å². The summed E-state index contributed by atoms with van der Waals surface area (Å²) in [6.45, 7) is 0.265. The topological polar surface area (TPSA) is 69.0 Å². The first kappa shape index (κ1) is 18.4. The van der Waals surface area contributed by atoms with E-state index in [0.29, 0.717) is 0 Å². The van der Waals surface area contributed by atoms with Gasteiger partial charge in [0.25, 0.3) is 5.91 Å². The molecule has 0 saturated heterocycles. The first-order valence-electron chi connectivity index (χ1n) is 7.96. The molecule has 1 aromatic heterocycles. The summed E-state index contributed by atoms with van der Waals surface area (Å²) >= 11 is 0. The second kappa shape index (κ2) is 7.90. The smallest absolute Gasteiger partial charge is 0.406 e. The number of ether oxygens (including phenoxy) is 1. The summed E-state index contributed by atoms with van der Waals surface area (Å²) in [6, 6.07) is 13.6. The van der Waals surface area contributed by atoms with Crippen molar-refractivity contribution in [3.8, 4) is 5.75 Å². The Bertz CT molecular complexity index is 883. The van der Waals surface area contributed by atoms with E-state index in [2.05, 4.69) is 20.3 Å². The van der Waals surface area contributed by atoms with E-state index in [0.717, 1.165) is 17.7 Å².